The van der Waals surface area contributed by atoms with Crippen LogP contribution < -0.4 is 5.32 Å². The van der Waals surface area contributed by atoms with Crippen molar-refractivity contribution in [2.24, 2.45) is 0 Å². The van der Waals surface area contributed by atoms with Crippen LogP contribution in [-0.4, -0.2) is 53.3 Å². The molecule has 2 aliphatic rings. The van der Waals surface area contributed by atoms with Crippen molar-refractivity contribution in [3.8, 4) is 6.07 Å². The molecular formula is C30H36N6O. The molecule has 2 aromatic carbocycles. The van der Waals surface area contributed by atoms with Crippen molar-refractivity contribution in [1.82, 2.24) is 14.7 Å². The normalized spacial score (nSPS) is 17.3. The summed E-state index contributed by atoms with van der Waals surface area (Å²) in [5, 5.41) is 12.7. The van der Waals surface area contributed by atoms with Crippen LogP contribution in [-0.2, 0) is 17.9 Å². The molecule has 0 aromatic heterocycles. The molecule has 0 bridgehead atoms. The standard InChI is InChI=1S/C30H36N6O/c1-23-16-24(2)18-26(17-23)22-36-15-14-35(30(36)28(20-31)32-3)13-10-29(37)33-27-9-7-8-25(19-27)21-34-11-5-4-6-12-34/h7-9,16-19H,4-6,10-15,21-22H2,1-2H3,(H,33,37). The van der Waals surface area contributed by atoms with Gasteiger partial charge in [0, 0.05) is 44.8 Å². The first-order valence-corrected chi connectivity index (χ1v) is 13.1. The fraction of sp³-hybridized carbons (Fsp3) is 0.433. The Labute approximate surface area is 220 Å². The number of carbonyl (C=O) groups excluding carboxylic acids is 1. The fourth-order valence-corrected chi connectivity index (χ4v) is 5.41. The van der Waals surface area contributed by atoms with Crippen molar-refractivity contribution in [3.05, 3.63) is 87.7 Å². The molecule has 7 nitrogen and oxygen atoms in total. The summed E-state index contributed by atoms with van der Waals surface area (Å²) in [6.45, 7) is 17.4. The summed E-state index contributed by atoms with van der Waals surface area (Å²) in [4.78, 5) is 22.9. The monoisotopic (exact) mass is 496 g/mol. The minimum Gasteiger partial charge on any atom is -0.364 e. The topological polar surface area (TPSA) is 67.0 Å². The highest BCUT2D eigenvalue weighted by Gasteiger charge is 2.28. The first-order chi connectivity index (χ1) is 17.9. The second-order valence-corrected chi connectivity index (χ2v) is 10.1. The quantitative estimate of drug-likeness (QED) is 0.409. The lowest BCUT2D eigenvalue weighted by atomic mass is 10.1. The predicted molar refractivity (Wildman–Crippen MR) is 146 cm³/mol. The van der Waals surface area contributed by atoms with Crippen LogP contribution >= 0.6 is 0 Å². The van der Waals surface area contributed by atoms with E-state index in [0.29, 0.717) is 32.0 Å². The molecular weight excluding hydrogens is 460 g/mol. The Balaban J connectivity index is 1.37. The summed E-state index contributed by atoms with van der Waals surface area (Å²) >= 11 is 0. The number of likely N-dealkylation sites (tertiary alicyclic amines) is 1. The summed E-state index contributed by atoms with van der Waals surface area (Å²) < 4.78 is 0. The van der Waals surface area contributed by atoms with E-state index in [9.17, 15) is 10.1 Å². The molecule has 2 heterocycles. The molecule has 1 amide bonds. The first kappa shape index (κ1) is 26.3. The van der Waals surface area contributed by atoms with Crippen LogP contribution in [0.3, 0.4) is 0 Å². The van der Waals surface area contributed by atoms with Gasteiger partial charge in [-0.2, -0.15) is 0 Å². The summed E-state index contributed by atoms with van der Waals surface area (Å²) in [6.07, 6.45) is 4.11. The Morgan fingerprint density at radius 2 is 1.70 bits per heavy atom. The van der Waals surface area contributed by atoms with E-state index in [4.69, 9.17) is 6.57 Å². The third-order valence-electron chi connectivity index (χ3n) is 7.00. The summed E-state index contributed by atoms with van der Waals surface area (Å²) in [6, 6.07) is 16.6. The Bertz CT molecular complexity index is 1200. The minimum absolute atomic E-state index is 0.0662. The number of aryl methyl sites for hydroxylation is 2. The SMILES string of the molecule is [C-]#[N+]C(C#N)=C1N(CCC(=O)Nc2cccc(CN3CCCCC3)c2)CCN1Cc1cc(C)cc(C)c1. The van der Waals surface area contributed by atoms with Crippen LogP contribution in [0.25, 0.3) is 4.85 Å². The maximum absolute atomic E-state index is 12.8. The number of hydrogen-bond acceptors (Lipinski definition) is 5. The summed E-state index contributed by atoms with van der Waals surface area (Å²) in [7, 11) is 0. The smallest absolute Gasteiger partial charge is 0.300 e. The van der Waals surface area contributed by atoms with E-state index in [1.807, 2.05) is 17.0 Å². The molecule has 0 spiro atoms. The molecule has 0 aliphatic carbocycles. The zero-order valence-electron chi connectivity index (χ0n) is 22.0. The van der Waals surface area contributed by atoms with Crippen LogP contribution in [0.15, 0.2) is 54.0 Å². The lowest BCUT2D eigenvalue weighted by Crippen LogP contribution is -2.29. The van der Waals surface area contributed by atoms with Crippen molar-refractivity contribution >= 4 is 11.6 Å². The van der Waals surface area contributed by atoms with Crippen molar-refractivity contribution in [3.63, 3.8) is 0 Å². The predicted octanol–water partition coefficient (Wildman–Crippen LogP) is 5.05. The van der Waals surface area contributed by atoms with Gasteiger partial charge in [-0.1, -0.05) is 47.9 Å². The number of hydrogen-bond donors (Lipinski definition) is 1. The van der Waals surface area contributed by atoms with Crippen molar-refractivity contribution < 1.29 is 4.79 Å². The fourth-order valence-electron chi connectivity index (χ4n) is 5.41. The molecule has 7 heteroatoms. The highest BCUT2D eigenvalue weighted by molar-refractivity contribution is 5.90. The van der Waals surface area contributed by atoms with Gasteiger partial charge in [0.2, 0.25) is 5.91 Å². The average Bonchev–Trinajstić information content (AvgIpc) is 3.26. The summed E-state index contributed by atoms with van der Waals surface area (Å²) in [5.74, 6) is 0.566. The number of rotatable bonds is 8. The number of benzene rings is 2. The van der Waals surface area contributed by atoms with E-state index in [0.717, 1.165) is 30.9 Å². The molecule has 0 atom stereocenters. The molecule has 1 N–H and O–H groups in total. The van der Waals surface area contributed by atoms with E-state index >= 15 is 0 Å². The molecule has 0 radical (unpaired) electrons. The van der Waals surface area contributed by atoms with E-state index < -0.39 is 0 Å². The van der Waals surface area contributed by atoms with E-state index in [2.05, 4.69) is 70.2 Å². The molecule has 192 valence electrons. The highest BCUT2D eigenvalue weighted by Crippen LogP contribution is 2.26. The van der Waals surface area contributed by atoms with Gasteiger partial charge in [0.05, 0.1) is 12.6 Å². The third kappa shape index (κ3) is 7.12. The van der Waals surface area contributed by atoms with E-state index in [1.165, 1.54) is 36.0 Å². The lowest BCUT2D eigenvalue weighted by Gasteiger charge is -2.26. The van der Waals surface area contributed by atoms with Gasteiger partial charge in [-0.25, -0.2) is 10.1 Å². The van der Waals surface area contributed by atoms with Crippen LogP contribution in [0, 0.1) is 31.8 Å². The Morgan fingerprint density at radius 1 is 0.973 bits per heavy atom. The maximum Gasteiger partial charge on any atom is 0.300 e. The number of piperidine rings is 1. The maximum atomic E-state index is 12.8. The van der Waals surface area contributed by atoms with Gasteiger partial charge in [0.25, 0.3) is 0 Å². The molecule has 0 saturated carbocycles. The largest absolute Gasteiger partial charge is 0.364 e. The first-order valence-electron chi connectivity index (χ1n) is 13.1. The average molecular weight is 497 g/mol. The van der Waals surface area contributed by atoms with Crippen LogP contribution in [0.5, 0.6) is 0 Å². The number of nitrogens with zero attached hydrogens (tertiary/aromatic N) is 5. The third-order valence-corrected chi connectivity index (χ3v) is 7.00. The van der Waals surface area contributed by atoms with E-state index in [1.54, 1.807) is 0 Å². The van der Waals surface area contributed by atoms with Crippen LogP contribution in [0.1, 0.15) is 47.9 Å². The van der Waals surface area contributed by atoms with Gasteiger partial charge in [-0.15, -0.1) is 0 Å². The molecule has 37 heavy (non-hydrogen) atoms. The van der Waals surface area contributed by atoms with Crippen molar-refractivity contribution in [2.45, 2.75) is 52.6 Å². The molecule has 4 rings (SSSR count). The molecule has 2 aromatic rings. The highest BCUT2D eigenvalue weighted by atomic mass is 16.1. The number of nitrogens with one attached hydrogen (secondary N) is 1. The van der Waals surface area contributed by atoms with Gasteiger partial charge in [0.15, 0.2) is 0 Å². The van der Waals surface area contributed by atoms with Crippen molar-refractivity contribution in [2.75, 3.05) is 38.0 Å². The molecule has 2 aliphatic heterocycles. The van der Waals surface area contributed by atoms with Gasteiger partial charge >= 0.3 is 5.70 Å². The van der Waals surface area contributed by atoms with Gasteiger partial charge < -0.3 is 15.1 Å². The minimum atomic E-state index is -0.0662. The zero-order valence-corrected chi connectivity index (χ0v) is 22.0. The second-order valence-electron chi connectivity index (χ2n) is 10.1. The second kappa shape index (κ2) is 12.4. The molecule has 0 unspecified atom stereocenters. The van der Waals surface area contributed by atoms with E-state index in [-0.39, 0.29) is 18.0 Å². The van der Waals surface area contributed by atoms with Crippen molar-refractivity contribution in [1.29, 1.82) is 5.26 Å². The van der Waals surface area contributed by atoms with Crippen LogP contribution in [0.4, 0.5) is 5.69 Å². The number of nitriles is 1. The zero-order chi connectivity index (χ0) is 26.2. The van der Waals surface area contributed by atoms with Gasteiger partial charge in [-0.05, 0) is 63.0 Å². The molecule has 2 fully saturated rings. The number of amides is 1. The summed E-state index contributed by atoms with van der Waals surface area (Å²) in [5.41, 5.74) is 5.64. The Morgan fingerprint density at radius 3 is 2.41 bits per heavy atom. The number of carbonyl (C=O) groups is 1. The number of allylic oxidation sites excluding steroid dienone is 1. The van der Waals surface area contributed by atoms with Crippen LogP contribution in [0.2, 0.25) is 0 Å². The number of anilines is 1. The van der Waals surface area contributed by atoms with Gasteiger partial charge in [0.1, 0.15) is 5.82 Å². The lowest BCUT2D eigenvalue weighted by molar-refractivity contribution is -0.116. The Hall–Kier alpha value is -3.81. The Kier molecular flexibility index (Phi) is 8.82. The molecule has 2 saturated heterocycles. The van der Waals surface area contributed by atoms with Gasteiger partial charge in [-0.3, -0.25) is 9.69 Å².